The van der Waals surface area contributed by atoms with Crippen LogP contribution in [0.1, 0.15) is 43.1 Å². The van der Waals surface area contributed by atoms with Crippen molar-refractivity contribution < 1.29 is 14.7 Å². The second-order valence-electron chi connectivity index (χ2n) is 5.90. The van der Waals surface area contributed by atoms with Gasteiger partial charge in [-0.1, -0.05) is 42.8 Å². The smallest absolute Gasteiger partial charge is 0.305 e. The third-order valence-electron chi connectivity index (χ3n) is 3.24. The van der Waals surface area contributed by atoms with Crippen molar-refractivity contribution in [2.75, 3.05) is 0 Å². The third-order valence-corrected chi connectivity index (χ3v) is 4.10. The molecular formula is C15H20BrNO3. The van der Waals surface area contributed by atoms with Crippen molar-refractivity contribution in [3.8, 4) is 0 Å². The molecule has 110 valence electrons. The lowest BCUT2D eigenvalue weighted by Gasteiger charge is -2.30. The number of carboxylic acid groups (broad SMARTS) is 1. The fourth-order valence-electron chi connectivity index (χ4n) is 1.84. The summed E-state index contributed by atoms with van der Waals surface area (Å²) in [6.45, 7) is 7.58. The lowest BCUT2D eigenvalue weighted by Crippen LogP contribution is -2.45. The normalized spacial score (nSPS) is 12.8. The highest BCUT2D eigenvalue weighted by atomic mass is 79.9. The molecule has 1 aromatic rings. The van der Waals surface area contributed by atoms with Crippen molar-refractivity contribution in [2.45, 2.75) is 40.2 Å². The number of aliphatic carboxylic acids is 1. The first-order valence-electron chi connectivity index (χ1n) is 6.40. The lowest BCUT2D eigenvalue weighted by molar-refractivity contribution is -0.138. The van der Waals surface area contributed by atoms with Crippen LogP contribution in [-0.4, -0.2) is 23.0 Å². The third kappa shape index (κ3) is 4.34. The fourth-order valence-corrected chi connectivity index (χ4v) is 2.20. The second-order valence-corrected chi connectivity index (χ2v) is 6.76. The molecule has 0 fully saturated rings. The van der Waals surface area contributed by atoms with Gasteiger partial charge in [-0.05, 0) is 30.0 Å². The van der Waals surface area contributed by atoms with E-state index in [-0.39, 0.29) is 17.7 Å². The number of hydrogen-bond acceptors (Lipinski definition) is 2. The first kappa shape index (κ1) is 16.7. The zero-order valence-electron chi connectivity index (χ0n) is 12.2. The predicted molar refractivity (Wildman–Crippen MR) is 81.8 cm³/mol. The Balaban J connectivity index is 2.96. The summed E-state index contributed by atoms with van der Waals surface area (Å²) in [5.41, 5.74) is 1.07. The topological polar surface area (TPSA) is 66.4 Å². The van der Waals surface area contributed by atoms with Gasteiger partial charge in [-0.3, -0.25) is 9.59 Å². The van der Waals surface area contributed by atoms with Crippen LogP contribution in [0.2, 0.25) is 0 Å². The quantitative estimate of drug-likeness (QED) is 0.882. The number of carboxylic acids is 1. The Morgan fingerprint density at radius 1 is 1.35 bits per heavy atom. The maximum atomic E-state index is 12.3. The van der Waals surface area contributed by atoms with Gasteiger partial charge < -0.3 is 10.4 Å². The Kier molecular flexibility index (Phi) is 5.34. The zero-order chi connectivity index (χ0) is 15.5. The summed E-state index contributed by atoms with van der Waals surface area (Å²) in [5.74, 6) is -1.17. The highest BCUT2D eigenvalue weighted by Gasteiger charge is 2.29. The lowest BCUT2D eigenvalue weighted by atomic mass is 9.84. The summed E-state index contributed by atoms with van der Waals surface area (Å²) < 4.78 is 0.857. The van der Waals surface area contributed by atoms with Gasteiger partial charge in [0.1, 0.15) is 0 Å². The van der Waals surface area contributed by atoms with E-state index >= 15 is 0 Å². The molecule has 0 aliphatic carbocycles. The highest BCUT2D eigenvalue weighted by molar-refractivity contribution is 9.10. The second kappa shape index (κ2) is 6.39. The molecule has 0 spiro atoms. The monoisotopic (exact) mass is 341 g/mol. The van der Waals surface area contributed by atoms with E-state index in [1.54, 1.807) is 12.1 Å². The van der Waals surface area contributed by atoms with Gasteiger partial charge >= 0.3 is 5.97 Å². The van der Waals surface area contributed by atoms with E-state index in [1.165, 1.54) is 0 Å². The first-order valence-corrected chi connectivity index (χ1v) is 7.20. The van der Waals surface area contributed by atoms with Gasteiger partial charge in [0.05, 0.1) is 6.42 Å². The van der Waals surface area contributed by atoms with Crippen LogP contribution in [0.15, 0.2) is 22.7 Å². The van der Waals surface area contributed by atoms with Crippen molar-refractivity contribution in [2.24, 2.45) is 5.41 Å². The van der Waals surface area contributed by atoms with E-state index < -0.39 is 12.0 Å². The van der Waals surface area contributed by atoms with Gasteiger partial charge in [0.15, 0.2) is 0 Å². The van der Waals surface area contributed by atoms with Crippen LogP contribution in [0, 0.1) is 12.3 Å². The molecule has 0 saturated carbocycles. The van der Waals surface area contributed by atoms with Crippen LogP contribution in [0.4, 0.5) is 0 Å². The van der Waals surface area contributed by atoms with Crippen LogP contribution in [0.5, 0.6) is 0 Å². The molecule has 1 aromatic carbocycles. The zero-order valence-corrected chi connectivity index (χ0v) is 13.7. The van der Waals surface area contributed by atoms with E-state index in [0.29, 0.717) is 5.56 Å². The standard InChI is InChI=1S/C15H20BrNO3/c1-9-10(6-5-7-11(9)16)14(20)17-12(8-13(18)19)15(2,3)4/h5-7,12H,8H2,1-4H3,(H,17,20)(H,18,19). The molecule has 0 aromatic heterocycles. The summed E-state index contributed by atoms with van der Waals surface area (Å²) in [6, 6.07) is 4.96. The number of carbonyl (C=O) groups is 2. The average Bonchev–Trinajstić information content (AvgIpc) is 2.30. The molecule has 5 heteroatoms. The fraction of sp³-hybridized carbons (Fsp3) is 0.467. The molecule has 0 radical (unpaired) electrons. The van der Waals surface area contributed by atoms with Crippen LogP contribution in [0.25, 0.3) is 0 Å². The van der Waals surface area contributed by atoms with Crippen LogP contribution in [0.3, 0.4) is 0 Å². The molecule has 0 aliphatic rings. The summed E-state index contributed by atoms with van der Waals surface area (Å²) >= 11 is 3.39. The summed E-state index contributed by atoms with van der Waals surface area (Å²) in [6.07, 6.45) is -0.0949. The van der Waals surface area contributed by atoms with Gasteiger partial charge in [0.2, 0.25) is 0 Å². The van der Waals surface area contributed by atoms with Crippen molar-refractivity contribution in [1.29, 1.82) is 0 Å². The van der Waals surface area contributed by atoms with Crippen molar-refractivity contribution >= 4 is 27.8 Å². The summed E-state index contributed by atoms with van der Waals surface area (Å²) in [4.78, 5) is 23.3. The minimum atomic E-state index is -0.920. The number of nitrogens with one attached hydrogen (secondary N) is 1. The van der Waals surface area contributed by atoms with Crippen LogP contribution >= 0.6 is 15.9 Å². The number of benzene rings is 1. The molecule has 1 atom stereocenters. The van der Waals surface area contributed by atoms with Crippen molar-refractivity contribution in [3.05, 3.63) is 33.8 Å². The van der Waals surface area contributed by atoms with Crippen molar-refractivity contribution in [1.82, 2.24) is 5.32 Å². The molecule has 0 heterocycles. The van der Waals surface area contributed by atoms with E-state index in [2.05, 4.69) is 21.2 Å². The molecule has 2 N–H and O–H groups in total. The molecule has 0 saturated heterocycles. The summed E-state index contributed by atoms with van der Waals surface area (Å²) in [7, 11) is 0. The average molecular weight is 342 g/mol. The van der Waals surface area contributed by atoms with Crippen molar-refractivity contribution in [3.63, 3.8) is 0 Å². The Labute approximate surface area is 127 Å². The molecule has 1 unspecified atom stereocenters. The highest BCUT2D eigenvalue weighted by Crippen LogP contribution is 2.24. The van der Waals surface area contributed by atoms with Gasteiger partial charge in [-0.25, -0.2) is 0 Å². The summed E-state index contributed by atoms with van der Waals surface area (Å²) in [5, 5.41) is 11.8. The predicted octanol–water partition coefficient (Wildman–Crippen LogP) is 3.38. The molecule has 0 aliphatic heterocycles. The van der Waals surface area contributed by atoms with Gasteiger partial charge in [-0.15, -0.1) is 0 Å². The maximum absolute atomic E-state index is 12.3. The van der Waals surface area contributed by atoms with E-state index in [0.717, 1.165) is 10.0 Å². The Morgan fingerprint density at radius 2 is 1.95 bits per heavy atom. The van der Waals surface area contributed by atoms with Crippen LogP contribution in [-0.2, 0) is 4.79 Å². The maximum Gasteiger partial charge on any atom is 0.305 e. The molecule has 0 bridgehead atoms. The van der Waals surface area contributed by atoms with Gasteiger partial charge in [-0.2, -0.15) is 0 Å². The number of amides is 1. The van der Waals surface area contributed by atoms with Gasteiger partial charge in [0, 0.05) is 16.1 Å². The number of rotatable bonds is 4. The molecule has 20 heavy (non-hydrogen) atoms. The largest absolute Gasteiger partial charge is 0.481 e. The minimum Gasteiger partial charge on any atom is -0.481 e. The number of carbonyl (C=O) groups excluding carboxylic acids is 1. The Hall–Kier alpha value is -1.36. The first-order chi connectivity index (χ1) is 9.12. The molecule has 1 amide bonds. The van der Waals surface area contributed by atoms with Crippen LogP contribution < -0.4 is 5.32 Å². The Morgan fingerprint density at radius 3 is 2.45 bits per heavy atom. The molecular weight excluding hydrogens is 322 g/mol. The van der Waals surface area contributed by atoms with E-state index in [9.17, 15) is 9.59 Å². The van der Waals surface area contributed by atoms with E-state index in [4.69, 9.17) is 5.11 Å². The number of hydrogen-bond donors (Lipinski definition) is 2. The van der Waals surface area contributed by atoms with E-state index in [1.807, 2.05) is 33.8 Å². The Bertz CT molecular complexity index is 520. The minimum absolute atomic E-state index is 0.0949. The molecule has 1 rings (SSSR count). The molecule has 4 nitrogen and oxygen atoms in total. The SMILES string of the molecule is Cc1c(Br)cccc1C(=O)NC(CC(=O)O)C(C)(C)C. The number of halogens is 1. The van der Waals surface area contributed by atoms with Gasteiger partial charge in [0.25, 0.3) is 5.91 Å².